The molecule has 7 heteroatoms. The van der Waals surface area contributed by atoms with E-state index in [-0.39, 0.29) is 17.7 Å². The normalized spacial score (nSPS) is 23.0. The van der Waals surface area contributed by atoms with Crippen LogP contribution in [0.2, 0.25) is 0 Å². The second kappa shape index (κ2) is 8.26. The molecule has 22 heavy (non-hydrogen) atoms. The van der Waals surface area contributed by atoms with Crippen LogP contribution in [-0.4, -0.2) is 68.0 Å². The second-order valence-corrected chi connectivity index (χ2v) is 8.35. The van der Waals surface area contributed by atoms with E-state index in [1.165, 1.54) is 0 Å². The van der Waals surface area contributed by atoms with Gasteiger partial charge in [-0.05, 0) is 38.6 Å². The van der Waals surface area contributed by atoms with E-state index in [0.29, 0.717) is 25.9 Å². The second-order valence-electron chi connectivity index (χ2n) is 6.26. The molecular formula is C15H29N3O3S. The summed E-state index contributed by atoms with van der Waals surface area (Å²) < 4.78 is 25.9. The van der Waals surface area contributed by atoms with Crippen molar-refractivity contribution in [3.8, 4) is 0 Å². The number of carbonyl (C=O) groups is 1. The zero-order valence-corrected chi connectivity index (χ0v) is 14.4. The number of carbonyl (C=O) groups excluding carboxylic acids is 1. The van der Waals surface area contributed by atoms with E-state index in [9.17, 15) is 13.2 Å². The van der Waals surface area contributed by atoms with Crippen LogP contribution in [-0.2, 0) is 14.8 Å². The predicted octanol–water partition coefficient (Wildman–Crippen LogP) is 0.793. The summed E-state index contributed by atoms with van der Waals surface area (Å²) in [5.74, 6) is 0.203. The average Bonchev–Trinajstić information content (AvgIpc) is 3.17. The van der Waals surface area contributed by atoms with Crippen LogP contribution in [0.25, 0.3) is 0 Å². The molecule has 1 atom stereocenters. The highest BCUT2D eigenvalue weighted by molar-refractivity contribution is 7.89. The van der Waals surface area contributed by atoms with Crippen LogP contribution in [0.1, 0.15) is 45.4 Å². The molecule has 2 saturated heterocycles. The monoisotopic (exact) mass is 331 g/mol. The molecule has 1 amide bonds. The summed E-state index contributed by atoms with van der Waals surface area (Å²) in [6, 6.07) is 0.280. The lowest BCUT2D eigenvalue weighted by Gasteiger charge is -2.28. The van der Waals surface area contributed by atoms with Crippen molar-refractivity contribution in [1.82, 2.24) is 14.5 Å². The van der Waals surface area contributed by atoms with Gasteiger partial charge in [-0.3, -0.25) is 4.79 Å². The Kier molecular flexibility index (Phi) is 6.65. The number of rotatable bonds is 8. The molecule has 1 unspecified atom stereocenters. The summed E-state index contributed by atoms with van der Waals surface area (Å²) in [5.41, 5.74) is 0. The maximum Gasteiger partial charge on any atom is 0.222 e. The Morgan fingerprint density at radius 1 is 1.32 bits per heavy atom. The fourth-order valence-corrected chi connectivity index (χ4v) is 4.88. The highest BCUT2D eigenvalue weighted by atomic mass is 32.2. The molecule has 128 valence electrons. The maximum atomic E-state index is 12.4. The molecule has 0 radical (unpaired) electrons. The van der Waals surface area contributed by atoms with Gasteiger partial charge in [-0.2, -0.15) is 0 Å². The fraction of sp³-hybridized carbons (Fsp3) is 0.933. The molecule has 0 aromatic rings. The van der Waals surface area contributed by atoms with Crippen LogP contribution in [0.3, 0.4) is 0 Å². The lowest BCUT2D eigenvalue weighted by Crippen LogP contribution is -2.42. The van der Waals surface area contributed by atoms with Crippen LogP contribution in [0.15, 0.2) is 0 Å². The molecule has 0 aliphatic carbocycles. The number of amides is 1. The lowest BCUT2D eigenvalue weighted by molar-refractivity contribution is -0.133. The van der Waals surface area contributed by atoms with Gasteiger partial charge < -0.3 is 10.2 Å². The van der Waals surface area contributed by atoms with E-state index in [1.807, 2.05) is 4.90 Å². The first-order valence-electron chi connectivity index (χ1n) is 8.52. The van der Waals surface area contributed by atoms with E-state index < -0.39 is 10.0 Å². The van der Waals surface area contributed by atoms with Crippen LogP contribution in [0, 0.1) is 0 Å². The van der Waals surface area contributed by atoms with Gasteiger partial charge in [0.15, 0.2) is 0 Å². The van der Waals surface area contributed by atoms with Crippen molar-refractivity contribution in [2.24, 2.45) is 0 Å². The van der Waals surface area contributed by atoms with Gasteiger partial charge in [-0.15, -0.1) is 0 Å². The van der Waals surface area contributed by atoms with Crippen molar-refractivity contribution >= 4 is 15.9 Å². The van der Waals surface area contributed by atoms with Gasteiger partial charge in [0.25, 0.3) is 0 Å². The van der Waals surface area contributed by atoms with Gasteiger partial charge in [-0.25, -0.2) is 12.7 Å². The highest BCUT2D eigenvalue weighted by Crippen LogP contribution is 2.16. The largest absolute Gasteiger partial charge is 0.338 e. The van der Waals surface area contributed by atoms with Gasteiger partial charge >= 0.3 is 0 Å². The lowest BCUT2D eigenvalue weighted by atomic mass is 10.2. The molecule has 0 bridgehead atoms. The van der Waals surface area contributed by atoms with Gasteiger partial charge in [0.1, 0.15) is 0 Å². The Morgan fingerprint density at radius 3 is 2.64 bits per heavy atom. The van der Waals surface area contributed by atoms with E-state index in [4.69, 9.17) is 0 Å². The Morgan fingerprint density at radius 2 is 2.05 bits per heavy atom. The van der Waals surface area contributed by atoms with Crippen LogP contribution < -0.4 is 5.32 Å². The van der Waals surface area contributed by atoms with Gasteiger partial charge in [-0.1, -0.05) is 6.92 Å². The van der Waals surface area contributed by atoms with E-state index >= 15 is 0 Å². The Labute approximate surface area is 134 Å². The molecule has 2 rings (SSSR count). The third kappa shape index (κ3) is 4.67. The topological polar surface area (TPSA) is 69.7 Å². The molecular weight excluding hydrogens is 302 g/mol. The maximum absolute atomic E-state index is 12.4. The van der Waals surface area contributed by atoms with Crippen LogP contribution in [0.5, 0.6) is 0 Å². The molecule has 0 spiro atoms. The minimum atomic E-state index is -3.16. The first-order chi connectivity index (χ1) is 10.5. The van der Waals surface area contributed by atoms with Gasteiger partial charge in [0, 0.05) is 38.6 Å². The van der Waals surface area contributed by atoms with E-state index in [0.717, 1.165) is 45.3 Å². The molecule has 0 aromatic carbocycles. The van der Waals surface area contributed by atoms with E-state index in [2.05, 4.69) is 12.2 Å². The van der Waals surface area contributed by atoms with Crippen molar-refractivity contribution in [3.63, 3.8) is 0 Å². The standard InChI is InChI=1S/C15H29N3O3S/c1-2-9-18(14-7-8-16-13-14)15(19)6-5-12-22(20,21)17-10-3-4-11-17/h14,16H,2-13H2,1H3. The summed E-state index contributed by atoms with van der Waals surface area (Å²) in [5, 5.41) is 3.29. The smallest absolute Gasteiger partial charge is 0.222 e. The number of nitrogens with zero attached hydrogens (tertiary/aromatic N) is 2. The van der Waals surface area contributed by atoms with E-state index in [1.54, 1.807) is 4.31 Å². The summed E-state index contributed by atoms with van der Waals surface area (Å²) in [7, 11) is -3.16. The number of hydrogen-bond donors (Lipinski definition) is 1. The predicted molar refractivity (Wildman–Crippen MR) is 87.1 cm³/mol. The van der Waals surface area contributed by atoms with Crippen molar-refractivity contribution < 1.29 is 13.2 Å². The molecule has 2 aliphatic heterocycles. The van der Waals surface area contributed by atoms with Crippen LogP contribution in [0.4, 0.5) is 0 Å². The van der Waals surface area contributed by atoms with Crippen molar-refractivity contribution in [2.45, 2.75) is 51.5 Å². The fourth-order valence-electron chi connectivity index (χ4n) is 3.30. The highest BCUT2D eigenvalue weighted by Gasteiger charge is 2.27. The zero-order chi connectivity index (χ0) is 16.0. The number of hydrogen-bond acceptors (Lipinski definition) is 4. The minimum absolute atomic E-state index is 0.0988. The molecule has 1 N–H and O–H groups in total. The van der Waals surface area contributed by atoms with Crippen LogP contribution >= 0.6 is 0 Å². The quantitative estimate of drug-likeness (QED) is 0.714. The van der Waals surface area contributed by atoms with Gasteiger partial charge in [0.05, 0.1) is 5.75 Å². The molecule has 2 aliphatic rings. The Bertz CT molecular complexity index is 455. The zero-order valence-electron chi connectivity index (χ0n) is 13.6. The Balaban J connectivity index is 1.80. The molecule has 6 nitrogen and oxygen atoms in total. The van der Waals surface area contributed by atoms with Crippen molar-refractivity contribution in [3.05, 3.63) is 0 Å². The number of nitrogens with one attached hydrogen (secondary N) is 1. The van der Waals surface area contributed by atoms with Gasteiger partial charge in [0.2, 0.25) is 15.9 Å². The molecule has 0 saturated carbocycles. The molecule has 2 fully saturated rings. The van der Waals surface area contributed by atoms with Crippen molar-refractivity contribution in [1.29, 1.82) is 0 Å². The third-order valence-corrected chi connectivity index (χ3v) is 6.47. The summed E-state index contributed by atoms with van der Waals surface area (Å²) in [6.45, 7) is 5.95. The minimum Gasteiger partial charge on any atom is -0.338 e. The van der Waals surface area contributed by atoms with Crippen molar-refractivity contribution in [2.75, 3.05) is 38.5 Å². The molecule has 2 heterocycles. The third-order valence-electron chi connectivity index (χ3n) is 4.51. The number of sulfonamides is 1. The first-order valence-corrected chi connectivity index (χ1v) is 10.1. The average molecular weight is 331 g/mol. The first kappa shape index (κ1) is 17.7. The summed E-state index contributed by atoms with van der Waals surface area (Å²) in [6.07, 6.45) is 4.61. The summed E-state index contributed by atoms with van der Waals surface area (Å²) >= 11 is 0. The summed E-state index contributed by atoms with van der Waals surface area (Å²) in [4.78, 5) is 14.4. The molecule has 0 aromatic heterocycles. The Hall–Kier alpha value is -0.660. The SMILES string of the molecule is CCCN(C(=O)CCCS(=O)(=O)N1CCCC1)C1CCNC1.